The number of H-pyrrole nitrogens is 2. The Morgan fingerprint density at radius 3 is 2.62 bits per heavy atom. The van der Waals surface area contributed by atoms with Crippen molar-refractivity contribution >= 4 is 34.2 Å². The number of aromatic nitrogens is 2. The fraction of sp³-hybridized carbons (Fsp3) is 0.176. The first-order valence-electron chi connectivity index (χ1n) is 7.50. The molecule has 0 aliphatic heterocycles. The number of rotatable bonds is 6. The Labute approximate surface area is 142 Å². The number of imidazole rings is 1. The van der Waals surface area contributed by atoms with Crippen molar-refractivity contribution in [2.24, 2.45) is 0 Å². The standard InChI is InChI=1S/C17H16ClN3O3/c18-11-3-6-13(7-4-11)24-9-1-2-16(22)19-12-5-8-14-15(10-12)21-17(23)20-14/h3-8,10H,1-2,9H2,(H,19,22)(H2,20,21,23). The molecule has 0 bridgehead atoms. The van der Waals surface area contributed by atoms with Crippen molar-refractivity contribution in [2.75, 3.05) is 11.9 Å². The highest BCUT2D eigenvalue weighted by Gasteiger charge is 2.05. The summed E-state index contributed by atoms with van der Waals surface area (Å²) in [5.74, 6) is 0.619. The summed E-state index contributed by atoms with van der Waals surface area (Å²) in [5, 5.41) is 3.46. The van der Waals surface area contributed by atoms with E-state index in [2.05, 4.69) is 15.3 Å². The molecular weight excluding hydrogens is 330 g/mol. The molecular formula is C17H16ClN3O3. The van der Waals surface area contributed by atoms with Crippen LogP contribution < -0.4 is 15.7 Å². The second-order valence-electron chi connectivity index (χ2n) is 5.29. The second kappa shape index (κ2) is 7.23. The molecule has 24 heavy (non-hydrogen) atoms. The largest absolute Gasteiger partial charge is 0.494 e. The Morgan fingerprint density at radius 1 is 1.08 bits per heavy atom. The Balaban J connectivity index is 1.46. The summed E-state index contributed by atoms with van der Waals surface area (Å²) in [6, 6.07) is 12.3. The number of aromatic amines is 2. The molecule has 6 nitrogen and oxygen atoms in total. The van der Waals surface area contributed by atoms with Gasteiger partial charge in [0.25, 0.3) is 0 Å². The first-order chi connectivity index (χ1) is 11.6. The second-order valence-corrected chi connectivity index (χ2v) is 5.73. The van der Waals surface area contributed by atoms with E-state index in [1.807, 2.05) is 0 Å². The van der Waals surface area contributed by atoms with Gasteiger partial charge in [-0.25, -0.2) is 4.79 Å². The molecule has 124 valence electrons. The van der Waals surface area contributed by atoms with Gasteiger partial charge in [0.2, 0.25) is 5.91 Å². The van der Waals surface area contributed by atoms with Crippen molar-refractivity contribution in [2.45, 2.75) is 12.8 Å². The molecule has 0 atom stereocenters. The topological polar surface area (TPSA) is 87.0 Å². The van der Waals surface area contributed by atoms with E-state index < -0.39 is 0 Å². The first-order valence-corrected chi connectivity index (χ1v) is 7.88. The molecule has 1 amide bonds. The predicted octanol–water partition coefficient (Wildman–Crippen LogP) is 3.31. The molecule has 1 heterocycles. The van der Waals surface area contributed by atoms with E-state index in [9.17, 15) is 9.59 Å². The number of carbonyl (C=O) groups excluding carboxylic acids is 1. The summed E-state index contributed by atoms with van der Waals surface area (Å²) < 4.78 is 5.54. The minimum absolute atomic E-state index is 0.105. The van der Waals surface area contributed by atoms with Crippen LogP contribution in [0, 0.1) is 0 Å². The fourth-order valence-electron chi connectivity index (χ4n) is 2.29. The number of hydrogen-bond acceptors (Lipinski definition) is 3. The zero-order valence-electron chi connectivity index (χ0n) is 12.8. The van der Waals surface area contributed by atoms with Crippen LogP contribution in [0.25, 0.3) is 11.0 Å². The van der Waals surface area contributed by atoms with Crippen molar-refractivity contribution in [1.82, 2.24) is 9.97 Å². The van der Waals surface area contributed by atoms with E-state index in [1.54, 1.807) is 42.5 Å². The number of anilines is 1. The Morgan fingerprint density at radius 2 is 1.83 bits per heavy atom. The number of hydrogen-bond donors (Lipinski definition) is 3. The number of fused-ring (bicyclic) bond motifs is 1. The molecule has 0 fully saturated rings. The summed E-state index contributed by atoms with van der Waals surface area (Å²) in [6.07, 6.45) is 0.937. The number of ether oxygens (including phenoxy) is 1. The van der Waals surface area contributed by atoms with Crippen molar-refractivity contribution < 1.29 is 9.53 Å². The molecule has 0 aliphatic carbocycles. The van der Waals surface area contributed by atoms with Gasteiger partial charge in [-0.2, -0.15) is 0 Å². The van der Waals surface area contributed by atoms with Gasteiger partial charge in [0, 0.05) is 17.1 Å². The average molecular weight is 346 g/mol. The molecule has 7 heteroatoms. The van der Waals surface area contributed by atoms with E-state index in [-0.39, 0.29) is 11.6 Å². The molecule has 0 saturated heterocycles. The van der Waals surface area contributed by atoms with E-state index in [1.165, 1.54) is 0 Å². The summed E-state index contributed by atoms with van der Waals surface area (Å²) in [6.45, 7) is 0.444. The quantitative estimate of drug-likeness (QED) is 0.599. The molecule has 1 aromatic heterocycles. The number of benzene rings is 2. The number of nitrogens with one attached hydrogen (secondary N) is 3. The van der Waals surface area contributed by atoms with Gasteiger partial charge >= 0.3 is 5.69 Å². The Hall–Kier alpha value is -2.73. The van der Waals surface area contributed by atoms with Crippen LogP contribution in [0.3, 0.4) is 0 Å². The maximum absolute atomic E-state index is 11.9. The van der Waals surface area contributed by atoms with Gasteiger partial charge in [0.15, 0.2) is 0 Å². The molecule has 0 saturated carbocycles. The lowest BCUT2D eigenvalue weighted by Crippen LogP contribution is -2.12. The summed E-state index contributed by atoms with van der Waals surface area (Å²) >= 11 is 5.80. The highest BCUT2D eigenvalue weighted by molar-refractivity contribution is 6.30. The molecule has 2 aromatic carbocycles. The normalized spacial score (nSPS) is 10.7. The van der Waals surface area contributed by atoms with Crippen LogP contribution in [0.15, 0.2) is 47.3 Å². The first kappa shape index (κ1) is 16.1. The molecule has 3 N–H and O–H groups in total. The zero-order valence-corrected chi connectivity index (χ0v) is 13.5. The van der Waals surface area contributed by atoms with E-state index in [0.717, 1.165) is 5.75 Å². The lowest BCUT2D eigenvalue weighted by molar-refractivity contribution is -0.116. The van der Waals surface area contributed by atoms with Gasteiger partial charge in [-0.05, 0) is 48.9 Å². The van der Waals surface area contributed by atoms with Crippen LogP contribution >= 0.6 is 11.6 Å². The van der Waals surface area contributed by atoms with Gasteiger partial charge in [0.1, 0.15) is 5.75 Å². The summed E-state index contributed by atoms with van der Waals surface area (Å²) in [5.41, 5.74) is 1.73. The maximum atomic E-state index is 11.9. The van der Waals surface area contributed by atoms with Crippen LogP contribution in [0.2, 0.25) is 5.02 Å². The number of amides is 1. The molecule has 0 aliphatic rings. The van der Waals surface area contributed by atoms with Crippen molar-refractivity contribution in [3.8, 4) is 5.75 Å². The van der Waals surface area contributed by atoms with Gasteiger partial charge in [-0.3, -0.25) is 4.79 Å². The van der Waals surface area contributed by atoms with Crippen LogP contribution in [-0.4, -0.2) is 22.5 Å². The number of carbonyl (C=O) groups is 1. The lowest BCUT2D eigenvalue weighted by atomic mass is 10.2. The molecule has 3 rings (SSSR count). The van der Waals surface area contributed by atoms with Crippen LogP contribution in [0.1, 0.15) is 12.8 Å². The molecule has 0 spiro atoms. The predicted molar refractivity (Wildman–Crippen MR) is 93.7 cm³/mol. The molecule has 3 aromatic rings. The van der Waals surface area contributed by atoms with Crippen LogP contribution in [0.4, 0.5) is 5.69 Å². The monoisotopic (exact) mass is 345 g/mol. The smallest absolute Gasteiger partial charge is 0.323 e. The Kier molecular flexibility index (Phi) is 4.86. The van der Waals surface area contributed by atoms with Crippen molar-refractivity contribution in [1.29, 1.82) is 0 Å². The van der Waals surface area contributed by atoms with E-state index >= 15 is 0 Å². The fourth-order valence-corrected chi connectivity index (χ4v) is 2.41. The minimum atomic E-state index is -0.271. The highest BCUT2D eigenvalue weighted by Crippen LogP contribution is 2.16. The minimum Gasteiger partial charge on any atom is -0.494 e. The summed E-state index contributed by atoms with van der Waals surface area (Å²) in [7, 11) is 0. The zero-order chi connectivity index (χ0) is 16.9. The van der Waals surface area contributed by atoms with E-state index in [0.29, 0.717) is 41.2 Å². The Bertz CT molecular complexity index is 899. The van der Waals surface area contributed by atoms with Crippen molar-refractivity contribution in [3.63, 3.8) is 0 Å². The number of halogens is 1. The van der Waals surface area contributed by atoms with Gasteiger partial charge in [0.05, 0.1) is 17.6 Å². The van der Waals surface area contributed by atoms with Gasteiger partial charge in [-0.15, -0.1) is 0 Å². The third kappa shape index (κ3) is 4.17. The van der Waals surface area contributed by atoms with Gasteiger partial charge in [-0.1, -0.05) is 11.6 Å². The highest BCUT2D eigenvalue weighted by atomic mass is 35.5. The van der Waals surface area contributed by atoms with Crippen LogP contribution in [0.5, 0.6) is 5.75 Å². The summed E-state index contributed by atoms with van der Waals surface area (Å²) in [4.78, 5) is 28.5. The SMILES string of the molecule is O=C(CCCOc1ccc(Cl)cc1)Nc1ccc2[nH]c(=O)[nH]c2c1. The molecule has 0 radical (unpaired) electrons. The molecule has 0 unspecified atom stereocenters. The van der Waals surface area contributed by atoms with Crippen molar-refractivity contribution in [3.05, 3.63) is 58.0 Å². The van der Waals surface area contributed by atoms with Gasteiger partial charge < -0.3 is 20.0 Å². The maximum Gasteiger partial charge on any atom is 0.323 e. The average Bonchev–Trinajstić information content (AvgIpc) is 2.92. The van der Waals surface area contributed by atoms with Crippen LogP contribution in [-0.2, 0) is 4.79 Å². The third-order valence-corrected chi connectivity index (χ3v) is 3.68. The van der Waals surface area contributed by atoms with E-state index in [4.69, 9.17) is 16.3 Å². The lowest BCUT2D eigenvalue weighted by Gasteiger charge is -2.07. The third-order valence-electron chi connectivity index (χ3n) is 3.43.